The first kappa shape index (κ1) is 12.0. The van der Waals surface area contributed by atoms with Crippen LogP contribution in [0.4, 0.5) is 4.79 Å². The van der Waals surface area contributed by atoms with Crippen LogP contribution in [0, 0.1) is 0 Å². The first-order valence-electron chi connectivity index (χ1n) is 5.52. The third kappa shape index (κ3) is 2.92. The number of nitrogens with zero attached hydrogens (tertiary/aromatic N) is 1. The van der Waals surface area contributed by atoms with Crippen LogP contribution < -0.4 is 11.1 Å². The molecule has 1 unspecified atom stereocenters. The van der Waals surface area contributed by atoms with Crippen LogP contribution in [0.5, 0.6) is 0 Å². The summed E-state index contributed by atoms with van der Waals surface area (Å²) in [5.74, 6) is -0.0844. The third-order valence-electron chi connectivity index (χ3n) is 2.52. The number of carbonyl (C=O) groups is 2. The molecule has 3 amide bonds. The molecule has 5 nitrogen and oxygen atoms in total. The summed E-state index contributed by atoms with van der Waals surface area (Å²) in [5, 5.41) is 2.69. The Balaban J connectivity index is 2.44. The molecule has 0 saturated carbocycles. The van der Waals surface area contributed by atoms with Gasteiger partial charge in [0.15, 0.2) is 0 Å². The Morgan fingerprint density at radius 1 is 1.40 bits per heavy atom. The molecule has 5 heteroatoms. The van der Waals surface area contributed by atoms with Gasteiger partial charge in [-0.1, -0.05) is 13.3 Å². The van der Waals surface area contributed by atoms with Crippen LogP contribution >= 0.6 is 0 Å². The van der Waals surface area contributed by atoms with Crippen molar-refractivity contribution < 1.29 is 9.59 Å². The highest BCUT2D eigenvalue weighted by Crippen LogP contribution is 2.11. The largest absolute Gasteiger partial charge is 0.330 e. The quantitative estimate of drug-likeness (QED) is 0.496. The van der Waals surface area contributed by atoms with Crippen molar-refractivity contribution in [2.24, 2.45) is 5.73 Å². The van der Waals surface area contributed by atoms with E-state index >= 15 is 0 Å². The molecule has 1 aliphatic heterocycles. The second kappa shape index (κ2) is 5.70. The number of hydrogen-bond acceptors (Lipinski definition) is 3. The molecular formula is C10H19N3O2. The maximum atomic E-state index is 11.7. The van der Waals surface area contributed by atoms with Crippen molar-refractivity contribution in [2.75, 3.05) is 13.1 Å². The Hall–Kier alpha value is -1.10. The van der Waals surface area contributed by atoms with E-state index in [-0.39, 0.29) is 18.0 Å². The highest BCUT2D eigenvalue weighted by Gasteiger charge is 2.36. The summed E-state index contributed by atoms with van der Waals surface area (Å²) in [7, 11) is 0. The van der Waals surface area contributed by atoms with Gasteiger partial charge in [-0.05, 0) is 25.8 Å². The lowest BCUT2D eigenvalue weighted by Crippen LogP contribution is -2.32. The van der Waals surface area contributed by atoms with Crippen LogP contribution in [0.1, 0.15) is 32.6 Å². The lowest BCUT2D eigenvalue weighted by molar-refractivity contribution is -0.127. The van der Waals surface area contributed by atoms with Gasteiger partial charge in [0.1, 0.15) is 6.04 Å². The average molecular weight is 213 g/mol. The Kier molecular flexibility index (Phi) is 4.55. The summed E-state index contributed by atoms with van der Waals surface area (Å²) >= 11 is 0. The Morgan fingerprint density at radius 2 is 2.13 bits per heavy atom. The van der Waals surface area contributed by atoms with E-state index in [4.69, 9.17) is 5.73 Å². The second-order valence-corrected chi connectivity index (χ2v) is 3.78. The molecule has 1 aliphatic rings. The van der Waals surface area contributed by atoms with Gasteiger partial charge in [-0.25, -0.2) is 4.79 Å². The van der Waals surface area contributed by atoms with Crippen molar-refractivity contribution >= 4 is 11.9 Å². The molecular weight excluding hydrogens is 194 g/mol. The maximum absolute atomic E-state index is 11.7. The topological polar surface area (TPSA) is 75.4 Å². The number of carbonyl (C=O) groups excluding carboxylic acids is 2. The monoisotopic (exact) mass is 213 g/mol. The number of amides is 3. The number of unbranched alkanes of at least 4 members (excludes halogenated alkanes) is 1. The second-order valence-electron chi connectivity index (χ2n) is 3.78. The fourth-order valence-electron chi connectivity index (χ4n) is 1.69. The van der Waals surface area contributed by atoms with E-state index in [2.05, 4.69) is 5.32 Å². The first-order chi connectivity index (χ1) is 7.20. The van der Waals surface area contributed by atoms with Gasteiger partial charge in [0, 0.05) is 6.54 Å². The Morgan fingerprint density at radius 3 is 2.73 bits per heavy atom. The maximum Gasteiger partial charge on any atom is 0.324 e. The lowest BCUT2D eigenvalue weighted by atomic mass is 10.1. The number of nitrogens with one attached hydrogen (secondary N) is 1. The van der Waals surface area contributed by atoms with Crippen LogP contribution in [0.3, 0.4) is 0 Å². The van der Waals surface area contributed by atoms with Crippen molar-refractivity contribution in [3.63, 3.8) is 0 Å². The zero-order valence-electron chi connectivity index (χ0n) is 9.16. The van der Waals surface area contributed by atoms with Crippen molar-refractivity contribution in [1.82, 2.24) is 10.2 Å². The SMILES string of the molecule is CCCC1NC(=O)N(CCCCN)C1=O. The molecule has 1 heterocycles. The fraction of sp³-hybridized carbons (Fsp3) is 0.800. The standard InChI is InChI=1S/C10H19N3O2/c1-2-5-8-9(14)13(10(15)12-8)7-4-3-6-11/h8H,2-7,11H2,1H3,(H,12,15). The van der Waals surface area contributed by atoms with Gasteiger partial charge in [-0.15, -0.1) is 0 Å². The van der Waals surface area contributed by atoms with Crippen LogP contribution in [-0.4, -0.2) is 36.0 Å². The minimum Gasteiger partial charge on any atom is -0.330 e. The molecule has 0 aromatic rings. The summed E-state index contributed by atoms with van der Waals surface area (Å²) < 4.78 is 0. The van der Waals surface area contributed by atoms with Crippen molar-refractivity contribution in [3.8, 4) is 0 Å². The van der Waals surface area contributed by atoms with Crippen LogP contribution in [0.2, 0.25) is 0 Å². The number of nitrogens with two attached hydrogens (primary N) is 1. The van der Waals surface area contributed by atoms with Crippen LogP contribution in [0.25, 0.3) is 0 Å². The van der Waals surface area contributed by atoms with Crippen LogP contribution in [0.15, 0.2) is 0 Å². The van der Waals surface area contributed by atoms with Gasteiger partial charge >= 0.3 is 6.03 Å². The van der Waals surface area contributed by atoms with E-state index in [1.807, 2.05) is 6.92 Å². The van der Waals surface area contributed by atoms with Gasteiger partial charge in [-0.3, -0.25) is 9.69 Å². The van der Waals surface area contributed by atoms with Gasteiger partial charge in [0.2, 0.25) is 0 Å². The molecule has 0 radical (unpaired) electrons. The van der Waals surface area contributed by atoms with E-state index in [0.717, 1.165) is 25.7 Å². The molecule has 86 valence electrons. The summed E-state index contributed by atoms with van der Waals surface area (Å²) in [6.45, 7) is 3.08. The van der Waals surface area contributed by atoms with E-state index in [1.54, 1.807) is 0 Å². The number of hydrogen-bond donors (Lipinski definition) is 2. The Bertz CT molecular complexity index is 243. The highest BCUT2D eigenvalue weighted by atomic mass is 16.2. The van der Waals surface area contributed by atoms with E-state index in [9.17, 15) is 9.59 Å². The van der Waals surface area contributed by atoms with Crippen molar-refractivity contribution in [2.45, 2.75) is 38.6 Å². The predicted molar refractivity (Wildman–Crippen MR) is 57.2 cm³/mol. The number of imide groups is 1. The van der Waals surface area contributed by atoms with Gasteiger partial charge < -0.3 is 11.1 Å². The molecule has 3 N–H and O–H groups in total. The summed E-state index contributed by atoms with van der Waals surface area (Å²) in [6, 6.07) is -0.559. The molecule has 1 fully saturated rings. The molecule has 15 heavy (non-hydrogen) atoms. The molecule has 0 bridgehead atoms. The van der Waals surface area contributed by atoms with Gasteiger partial charge in [0.05, 0.1) is 0 Å². The summed E-state index contributed by atoms with van der Waals surface area (Å²) in [4.78, 5) is 24.4. The smallest absolute Gasteiger partial charge is 0.324 e. The average Bonchev–Trinajstić information content (AvgIpc) is 2.46. The minimum absolute atomic E-state index is 0.0844. The lowest BCUT2D eigenvalue weighted by Gasteiger charge is -2.11. The van der Waals surface area contributed by atoms with E-state index < -0.39 is 0 Å². The van der Waals surface area contributed by atoms with Crippen LogP contribution in [-0.2, 0) is 4.79 Å². The van der Waals surface area contributed by atoms with Gasteiger partial charge in [0.25, 0.3) is 5.91 Å². The molecule has 0 spiro atoms. The molecule has 0 aliphatic carbocycles. The summed E-state index contributed by atoms with van der Waals surface area (Å²) in [6.07, 6.45) is 3.25. The summed E-state index contributed by atoms with van der Waals surface area (Å²) in [5.41, 5.74) is 5.35. The van der Waals surface area contributed by atoms with E-state index in [0.29, 0.717) is 13.1 Å². The van der Waals surface area contributed by atoms with Gasteiger partial charge in [-0.2, -0.15) is 0 Å². The predicted octanol–water partition coefficient (Wildman–Crippen LogP) is 0.446. The molecule has 1 atom stereocenters. The molecule has 1 saturated heterocycles. The van der Waals surface area contributed by atoms with Crippen molar-refractivity contribution in [3.05, 3.63) is 0 Å². The third-order valence-corrected chi connectivity index (χ3v) is 2.52. The Labute approximate surface area is 90.0 Å². The van der Waals surface area contributed by atoms with Crippen molar-refractivity contribution in [1.29, 1.82) is 0 Å². The zero-order chi connectivity index (χ0) is 11.3. The molecule has 0 aromatic heterocycles. The minimum atomic E-state index is -0.305. The molecule has 0 aromatic carbocycles. The number of rotatable bonds is 6. The molecule has 1 rings (SSSR count). The fourth-order valence-corrected chi connectivity index (χ4v) is 1.69. The zero-order valence-corrected chi connectivity index (χ0v) is 9.16. The highest BCUT2D eigenvalue weighted by molar-refractivity contribution is 6.04. The van der Waals surface area contributed by atoms with E-state index in [1.165, 1.54) is 4.90 Å². The number of urea groups is 1. The first-order valence-corrected chi connectivity index (χ1v) is 5.52. The normalized spacial score (nSPS) is 20.9.